The maximum absolute atomic E-state index is 12.3. The Bertz CT molecular complexity index is 660. The highest BCUT2D eigenvalue weighted by molar-refractivity contribution is 7.98. The van der Waals surface area contributed by atoms with Gasteiger partial charge < -0.3 is 14.5 Å². The number of furan rings is 1. The predicted molar refractivity (Wildman–Crippen MR) is 108 cm³/mol. The number of amides is 1. The second-order valence-corrected chi connectivity index (χ2v) is 8.32. The molecule has 0 aliphatic rings. The summed E-state index contributed by atoms with van der Waals surface area (Å²) in [5.41, 5.74) is 1.35. The molecule has 4 nitrogen and oxygen atoms in total. The Morgan fingerprint density at radius 2 is 1.96 bits per heavy atom. The second-order valence-electron chi connectivity index (χ2n) is 7.21. The van der Waals surface area contributed by atoms with Crippen molar-refractivity contribution in [1.29, 1.82) is 0 Å². The van der Waals surface area contributed by atoms with E-state index in [4.69, 9.17) is 9.15 Å². The van der Waals surface area contributed by atoms with Crippen molar-refractivity contribution in [3.63, 3.8) is 0 Å². The number of hydrogen-bond acceptors (Lipinski definition) is 4. The van der Waals surface area contributed by atoms with Gasteiger partial charge in [-0.05, 0) is 41.7 Å². The van der Waals surface area contributed by atoms with Crippen LogP contribution in [0.25, 0.3) is 0 Å². The third-order valence-corrected chi connectivity index (χ3v) is 5.01. The largest absolute Gasteiger partial charge is 0.481 e. The Kier molecular flexibility index (Phi) is 7.64. The molecule has 0 aliphatic heterocycles. The van der Waals surface area contributed by atoms with Crippen LogP contribution in [0.4, 0.5) is 0 Å². The standard InChI is InChI=1S/C21H29NO3S/c1-5-19(25-17-10-8-16(9-11-17)21(2,3)4)20(23)22-12-14-26-15-18-7-6-13-24-18/h6-11,13,19H,5,12,14-15H2,1-4H3,(H,22,23)/t19-/m1/s1. The van der Waals surface area contributed by atoms with Crippen LogP contribution < -0.4 is 10.1 Å². The number of benzene rings is 1. The van der Waals surface area contributed by atoms with E-state index in [2.05, 4.69) is 38.2 Å². The summed E-state index contributed by atoms with van der Waals surface area (Å²) in [6.07, 6.45) is 1.84. The van der Waals surface area contributed by atoms with E-state index < -0.39 is 6.10 Å². The smallest absolute Gasteiger partial charge is 0.261 e. The lowest BCUT2D eigenvalue weighted by Gasteiger charge is -2.21. The van der Waals surface area contributed by atoms with Gasteiger partial charge in [-0.3, -0.25) is 4.79 Å². The molecule has 142 valence electrons. The second kappa shape index (κ2) is 9.72. The van der Waals surface area contributed by atoms with Gasteiger partial charge in [0.15, 0.2) is 6.10 Å². The summed E-state index contributed by atoms with van der Waals surface area (Å²) in [7, 11) is 0. The van der Waals surface area contributed by atoms with Crippen molar-refractivity contribution in [2.45, 2.75) is 51.4 Å². The first-order valence-corrected chi connectivity index (χ1v) is 10.2. The summed E-state index contributed by atoms with van der Waals surface area (Å²) < 4.78 is 11.2. The van der Waals surface area contributed by atoms with Gasteiger partial charge in [0, 0.05) is 12.3 Å². The van der Waals surface area contributed by atoms with Crippen molar-refractivity contribution in [2.24, 2.45) is 0 Å². The van der Waals surface area contributed by atoms with Gasteiger partial charge in [0.25, 0.3) is 5.91 Å². The molecular formula is C21H29NO3S. The summed E-state index contributed by atoms with van der Waals surface area (Å²) in [5, 5.41) is 2.95. The number of rotatable bonds is 9. The molecule has 0 fully saturated rings. The molecule has 0 radical (unpaired) electrons. The SMILES string of the molecule is CC[C@@H](Oc1ccc(C(C)(C)C)cc1)C(=O)NCCSCc1ccco1. The minimum atomic E-state index is -0.467. The minimum absolute atomic E-state index is 0.0639. The summed E-state index contributed by atoms with van der Waals surface area (Å²) in [6.45, 7) is 9.10. The Hall–Kier alpha value is -1.88. The van der Waals surface area contributed by atoms with Crippen LogP contribution in [0.15, 0.2) is 47.1 Å². The first kappa shape index (κ1) is 20.4. The van der Waals surface area contributed by atoms with Crippen LogP contribution in [-0.4, -0.2) is 24.3 Å². The van der Waals surface area contributed by atoms with E-state index >= 15 is 0 Å². The average Bonchev–Trinajstić information content (AvgIpc) is 3.12. The van der Waals surface area contributed by atoms with E-state index in [-0.39, 0.29) is 11.3 Å². The van der Waals surface area contributed by atoms with Gasteiger partial charge in [0.05, 0.1) is 12.0 Å². The molecular weight excluding hydrogens is 346 g/mol. The fraction of sp³-hybridized carbons (Fsp3) is 0.476. The predicted octanol–water partition coefficient (Wildman–Crippen LogP) is 4.78. The zero-order valence-electron chi connectivity index (χ0n) is 16.1. The number of nitrogens with one attached hydrogen (secondary N) is 1. The van der Waals surface area contributed by atoms with Crippen LogP contribution in [-0.2, 0) is 16.0 Å². The average molecular weight is 376 g/mol. The van der Waals surface area contributed by atoms with Crippen molar-refractivity contribution in [2.75, 3.05) is 12.3 Å². The van der Waals surface area contributed by atoms with Gasteiger partial charge in [-0.15, -0.1) is 0 Å². The molecule has 1 N–H and O–H groups in total. The van der Waals surface area contributed by atoms with E-state index in [1.807, 2.05) is 31.2 Å². The summed E-state index contributed by atoms with van der Waals surface area (Å²) in [5.74, 6) is 3.27. The normalized spacial score (nSPS) is 12.6. The van der Waals surface area contributed by atoms with Crippen LogP contribution >= 0.6 is 11.8 Å². The lowest BCUT2D eigenvalue weighted by Crippen LogP contribution is -2.39. The van der Waals surface area contributed by atoms with E-state index in [0.29, 0.717) is 13.0 Å². The number of carbonyl (C=O) groups excluding carboxylic acids is 1. The third kappa shape index (κ3) is 6.45. The first-order valence-electron chi connectivity index (χ1n) is 9.05. The molecule has 0 spiro atoms. The van der Waals surface area contributed by atoms with Gasteiger partial charge in [-0.1, -0.05) is 39.8 Å². The van der Waals surface area contributed by atoms with E-state index in [0.717, 1.165) is 23.0 Å². The van der Waals surface area contributed by atoms with Crippen LogP contribution in [0.5, 0.6) is 5.75 Å². The quantitative estimate of drug-likeness (QED) is 0.641. The Balaban J connectivity index is 1.75. The number of hydrogen-bond donors (Lipinski definition) is 1. The topological polar surface area (TPSA) is 51.5 Å². The fourth-order valence-electron chi connectivity index (χ4n) is 2.45. The molecule has 1 aromatic heterocycles. The molecule has 5 heteroatoms. The van der Waals surface area contributed by atoms with Crippen LogP contribution in [0.3, 0.4) is 0 Å². The van der Waals surface area contributed by atoms with E-state index in [1.165, 1.54) is 5.56 Å². The highest BCUT2D eigenvalue weighted by Crippen LogP contribution is 2.24. The lowest BCUT2D eigenvalue weighted by molar-refractivity contribution is -0.127. The molecule has 1 aromatic carbocycles. The van der Waals surface area contributed by atoms with Crippen molar-refractivity contribution >= 4 is 17.7 Å². The summed E-state index contributed by atoms with van der Waals surface area (Å²) in [4.78, 5) is 12.3. The monoisotopic (exact) mass is 375 g/mol. The summed E-state index contributed by atoms with van der Waals surface area (Å²) in [6, 6.07) is 11.8. The van der Waals surface area contributed by atoms with Gasteiger partial charge in [0.2, 0.25) is 0 Å². The van der Waals surface area contributed by atoms with Gasteiger partial charge in [0.1, 0.15) is 11.5 Å². The van der Waals surface area contributed by atoms with Crippen molar-refractivity contribution in [3.05, 3.63) is 54.0 Å². The zero-order chi connectivity index (χ0) is 19.0. The van der Waals surface area contributed by atoms with Gasteiger partial charge in [-0.2, -0.15) is 11.8 Å². The zero-order valence-corrected chi connectivity index (χ0v) is 16.9. The maximum Gasteiger partial charge on any atom is 0.261 e. The lowest BCUT2D eigenvalue weighted by atomic mass is 9.87. The van der Waals surface area contributed by atoms with Gasteiger partial charge in [-0.25, -0.2) is 0 Å². The molecule has 0 saturated heterocycles. The van der Waals surface area contributed by atoms with E-state index in [1.54, 1.807) is 18.0 Å². The Labute approximate surface area is 160 Å². The fourth-order valence-corrected chi connectivity index (χ4v) is 3.20. The van der Waals surface area contributed by atoms with Crippen molar-refractivity contribution < 1.29 is 13.9 Å². The van der Waals surface area contributed by atoms with Crippen LogP contribution in [0, 0.1) is 0 Å². The summed E-state index contributed by atoms with van der Waals surface area (Å²) >= 11 is 1.73. The molecule has 0 saturated carbocycles. The number of carbonyl (C=O) groups is 1. The van der Waals surface area contributed by atoms with Crippen molar-refractivity contribution in [1.82, 2.24) is 5.32 Å². The van der Waals surface area contributed by atoms with Crippen molar-refractivity contribution in [3.8, 4) is 5.75 Å². The molecule has 1 atom stereocenters. The minimum Gasteiger partial charge on any atom is -0.481 e. The molecule has 1 heterocycles. The highest BCUT2D eigenvalue weighted by Gasteiger charge is 2.19. The van der Waals surface area contributed by atoms with Crippen LogP contribution in [0.2, 0.25) is 0 Å². The molecule has 1 amide bonds. The molecule has 0 unspecified atom stereocenters. The molecule has 2 aromatic rings. The Morgan fingerprint density at radius 1 is 1.23 bits per heavy atom. The molecule has 26 heavy (non-hydrogen) atoms. The maximum atomic E-state index is 12.3. The number of thioether (sulfide) groups is 1. The third-order valence-electron chi connectivity index (χ3n) is 4.03. The van der Waals surface area contributed by atoms with E-state index in [9.17, 15) is 4.79 Å². The van der Waals surface area contributed by atoms with Crippen LogP contribution in [0.1, 0.15) is 45.4 Å². The molecule has 0 bridgehead atoms. The first-order chi connectivity index (χ1) is 12.4. The highest BCUT2D eigenvalue weighted by atomic mass is 32.2. The van der Waals surface area contributed by atoms with Gasteiger partial charge >= 0.3 is 0 Å². The Morgan fingerprint density at radius 3 is 2.54 bits per heavy atom. The molecule has 0 aliphatic carbocycles. The number of ether oxygens (including phenoxy) is 1. The molecule has 2 rings (SSSR count).